The fourth-order valence-corrected chi connectivity index (χ4v) is 3.50. The second-order valence-electron chi connectivity index (χ2n) is 6.60. The van der Waals surface area contributed by atoms with Gasteiger partial charge in [-0.1, -0.05) is 48.5 Å². The van der Waals surface area contributed by atoms with Crippen molar-refractivity contribution in [2.24, 2.45) is 10.8 Å². The van der Waals surface area contributed by atoms with E-state index in [-0.39, 0.29) is 22.2 Å². The molecule has 0 aliphatic rings. The van der Waals surface area contributed by atoms with Gasteiger partial charge in [0.2, 0.25) is 5.95 Å². The lowest BCUT2D eigenvalue weighted by atomic mass is 9.55. The molecule has 0 aliphatic carbocycles. The summed E-state index contributed by atoms with van der Waals surface area (Å²) in [5.41, 5.74) is -0.0694. The first-order chi connectivity index (χ1) is 7.00. The topological polar surface area (TPSA) is 12.9 Å². The molecule has 0 unspecified atom stereocenters. The molecule has 3 heteroatoms. The third-order valence-corrected chi connectivity index (χ3v) is 4.94. The highest BCUT2D eigenvalue weighted by atomic mass is 32.1. The molecule has 0 aromatic carbocycles. The van der Waals surface area contributed by atoms with Gasteiger partial charge in [-0.25, -0.2) is 4.98 Å². The van der Waals surface area contributed by atoms with Crippen LogP contribution in [0.1, 0.15) is 53.5 Å². The molecular weight excluding hydrogens is 221 g/mol. The largest absolute Gasteiger partial charge is 0.223 e. The lowest BCUT2D eigenvalue weighted by Crippen LogP contribution is -2.47. The van der Waals surface area contributed by atoms with E-state index in [2.05, 4.69) is 53.5 Å². The van der Waals surface area contributed by atoms with Gasteiger partial charge < -0.3 is 0 Å². The first-order valence-corrected chi connectivity index (χ1v) is 6.49. The van der Waals surface area contributed by atoms with Crippen LogP contribution in [0.3, 0.4) is 0 Å². The number of aromatic nitrogens is 1. The van der Waals surface area contributed by atoms with Crippen molar-refractivity contribution >= 4 is 11.3 Å². The normalized spacial score (nSPS) is 14.2. The van der Waals surface area contributed by atoms with Crippen molar-refractivity contribution in [2.45, 2.75) is 53.9 Å². The molecule has 1 aromatic heterocycles. The molecule has 1 heterocycles. The van der Waals surface area contributed by atoms with Gasteiger partial charge in [0.05, 0.1) is 0 Å². The molecule has 1 nitrogen and oxygen atoms in total. The standard InChI is InChI=1S/C13H22FNS/c1-11(2,3)13(7,12(4,5)6)10-15-9(14)8-16-10/h8H,1-7H3. The number of thiazole rings is 1. The second kappa shape index (κ2) is 3.80. The lowest BCUT2D eigenvalue weighted by Gasteiger charge is -2.50. The number of nitrogens with zero attached hydrogens (tertiary/aromatic N) is 1. The molecule has 0 N–H and O–H groups in total. The molecule has 16 heavy (non-hydrogen) atoms. The zero-order valence-corrected chi connectivity index (χ0v) is 12.1. The van der Waals surface area contributed by atoms with Crippen molar-refractivity contribution in [3.05, 3.63) is 16.3 Å². The van der Waals surface area contributed by atoms with E-state index in [9.17, 15) is 4.39 Å². The van der Waals surface area contributed by atoms with Crippen LogP contribution in [0.5, 0.6) is 0 Å². The van der Waals surface area contributed by atoms with Crippen LogP contribution in [0.15, 0.2) is 5.38 Å². The van der Waals surface area contributed by atoms with Gasteiger partial charge in [0.15, 0.2) is 0 Å². The highest BCUT2D eigenvalue weighted by Gasteiger charge is 2.49. The molecule has 0 saturated heterocycles. The summed E-state index contributed by atoms with van der Waals surface area (Å²) in [7, 11) is 0. The molecule has 1 rings (SSSR count). The van der Waals surface area contributed by atoms with Crippen LogP contribution in [0.25, 0.3) is 0 Å². The van der Waals surface area contributed by atoms with E-state index in [0.717, 1.165) is 5.01 Å². The molecule has 0 aliphatic heterocycles. The highest BCUT2D eigenvalue weighted by molar-refractivity contribution is 7.09. The van der Waals surface area contributed by atoms with Crippen molar-refractivity contribution in [1.82, 2.24) is 4.98 Å². The Morgan fingerprint density at radius 3 is 1.69 bits per heavy atom. The summed E-state index contributed by atoms with van der Waals surface area (Å²) in [4.78, 5) is 4.07. The number of hydrogen-bond acceptors (Lipinski definition) is 2. The minimum absolute atomic E-state index is 0.0372. The molecule has 0 amide bonds. The predicted molar refractivity (Wildman–Crippen MR) is 68.3 cm³/mol. The van der Waals surface area contributed by atoms with Gasteiger partial charge in [-0.05, 0) is 10.8 Å². The molecule has 92 valence electrons. The fraction of sp³-hybridized carbons (Fsp3) is 0.769. The number of rotatable bonds is 1. The Morgan fingerprint density at radius 1 is 1.00 bits per heavy atom. The van der Waals surface area contributed by atoms with Crippen molar-refractivity contribution < 1.29 is 4.39 Å². The Bertz CT molecular complexity index is 354. The van der Waals surface area contributed by atoms with Crippen LogP contribution in [0.4, 0.5) is 4.39 Å². The van der Waals surface area contributed by atoms with Crippen molar-refractivity contribution in [1.29, 1.82) is 0 Å². The van der Waals surface area contributed by atoms with Crippen LogP contribution >= 0.6 is 11.3 Å². The van der Waals surface area contributed by atoms with Gasteiger partial charge in [0.25, 0.3) is 0 Å². The average Bonchev–Trinajstić information content (AvgIpc) is 2.46. The van der Waals surface area contributed by atoms with Gasteiger partial charge in [-0.15, -0.1) is 11.3 Å². The van der Waals surface area contributed by atoms with E-state index in [1.54, 1.807) is 0 Å². The van der Waals surface area contributed by atoms with Crippen LogP contribution < -0.4 is 0 Å². The predicted octanol–water partition coefficient (Wildman–Crippen LogP) is 4.63. The van der Waals surface area contributed by atoms with E-state index in [4.69, 9.17) is 0 Å². The van der Waals surface area contributed by atoms with Crippen molar-refractivity contribution in [3.63, 3.8) is 0 Å². The summed E-state index contributed by atoms with van der Waals surface area (Å²) < 4.78 is 13.1. The molecule has 0 spiro atoms. The third kappa shape index (κ3) is 2.02. The van der Waals surface area contributed by atoms with E-state index < -0.39 is 0 Å². The smallest absolute Gasteiger partial charge is 0.213 e. The Balaban J connectivity index is 3.38. The van der Waals surface area contributed by atoms with Gasteiger partial charge in [0, 0.05) is 10.8 Å². The highest BCUT2D eigenvalue weighted by Crippen LogP contribution is 2.53. The van der Waals surface area contributed by atoms with Crippen molar-refractivity contribution in [2.75, 3.05) is 0 Å². The van der Waals surface area contributed by atoms with Crippen LogP contribution in [0.2, 0.25) is 0 Å². The molecular formula is C13H22FNS. The fourth-order valence-electron chi connectivity index (χ4n) is 2.25. The summed E-state index contributed by atoms with van der Waals surface area (Å²) in [6, 6.07) is 0. The van der Waals surface area contributed by atoms with Crippen LogP contribution in [-0.2, 0) is 5.41 Å². The summed E-state index contributed by atoms with van der Waals surface area (Å²) >= 11 is 1.42. The van der Waals surface area contributed by atoms with Crippen LogP contribution in [-0.4, -0.2) is 4.98 Å². The van der Waals surface area contributed by atoms with E-state index in [0.29, 0.717) is 0 Å². The van der Waals surface area contributed by atoms with Gasteiger partial charge in [0.1, 0.15) is 5.01 Å². The Kier molecular flexibility index (Phi) is 3.23. The first-order valence-electron chi connectivity index (χ1n) is 5.61. The summed E-state index contributed by atoms with van der Waals surface area (Å²) in [5, 5.41) is 2.38. The molecule has 0 atom stereocenters. The van der Waals surface area contributed by atoms with Gasteiger partial charge in [-0.2, -0.15) is 4.39 Å². The Morgan fingerprint density at radius 2 is 1.44 bits per heavy atom. The first kappa shape index (κ1) is 13.6. The molecule has 0 fully saturated rings. The summed E-state index contributed by atoms with van der Waals surface area (Å²) in [5.74, 6) is -0.361. The minimum atomic E-state index is -0.361. The quantitative estimate of drug-likeness (QED) is 0.700. The molecule has 0 saturated carbocycles. The summed E-state index contributed by atoms with van der Waals surface area (Å²) in [6.07, 6.45) is 0. The molecule has 1 aromatic rings. The second-order valence-corrected chi connectivity index (χ2v) is 7.46. The minimum Gasteiger partial charge on any atom is -0.213 e. The molecule has 0 bridgehead atoms. The zero-order valence-electron chi connectivity index (χ0n) is 11.3. The maximum absolute atomic E-state index is 13.1. The Labute approximate surface area is 102 Å². The maximum atomic E-state index is 13.1. The van der Waals surface area contributed by atoms with Crippen molar-refractivity contribution in [3.8, 4) is 0 Å². The van der Waals surface area contributed by atoms with Crippen LogP contribution in [0, 0.1) is 16.8 Å². The Hall–Kier alpha value is -0.440. The lowest BCUT2D eigenvalue weighted by molar-refractivity contribution is 0.0686. The average molecular weight is 243 g/mol. The molecule has 0 radical (unpaired) electrons. The van der Waals surface area contributed by atoms with E-state index >= 15 is 0 Å². The van der Waals surface area contributed by atoms with Gasteiger partial charge in [-0.3, -0.25) is 0 Å². The SMILES string of the molecule is CC(C)(C)C(C)(c1nc(F)cs1)C(C)(C)C. The monoisotopic (exact) mass is 243 g/mol. The van der Waals surface area contributed by atoms with Gasteiger partial charge >= 0.3 is 0 Å². The maximum Gasteiger partial charge on any atom is 0.223 e. The number of halogens is 1. The number of hydrogen-bond donors (Lipinski definition) is 0. The summed E-state index contributed by atoms with van der Waals surface area (Å²) in [6.45, 7) is 15.3. The zero-order chi connectivity index (χ0) is 12.8. The third-order valence-electron chi connectivity index (χ3n) is 3.90. The van der Waals surface area contributed by atoms with E-state index in [1.807, 2.05) is 0 Å². The van der Waals surface area contributed by atoms with E-state index in [1.165, 1.54) is 16.7 Å².